The van der Waals surface area contributed by atoms with E-state index < -0.39 is 0 Å². The van der Waals surface area contributed by atoms with Gasteiger partial charge in [-0.2, -0.15) is 0 Å². The van der Waals surface area contributed by atoms with Crippen LogP contribution in [-0.4, -0.2) is 0 Å². The summed E-state index contributed by atoms with van der Waals surface area (Å²) in [5, 5.41) is 0. The van der Waals surface area contributed by atoms with Crippen LogP contribution in [0.3, 0.4) is 0 Å². The molecule has 2 unspecified atom stereocenters. The molecule has 1 saturated carbocycles. The minimum Gasteiger partial charge on any atom is -0.0654 e. The van der Waals surface area contributed by atoms with E-state index in [1.807, 2.05) is 0 Å². The Morgan fingerprint density at radius 2 is 2.17 bits per heavy atom. The first-order chi connectivity index (χ1) is 5.86. The van der Waals surface area contributed by atoms with Gasteiger partial charge in [0, 0.05) is 0 Å². The second-order valence-corrected chi connectivity index (χ2v) is 4.23. The van der Waals surface area contributed by atoms with Gasteiger partial charge in [-0.25, -0.2) is 0 Å². The quantitative estimate of drug-likeness (QED) is 0.588. The number of rotatable bonds is 4. The largest absolute Gasteiger partial charge is 0.0654 e. The highest BCUT2D eigenvalue weighted by atomic mass is 14.2. The van der Waals surface area contributed by atoms with E-state index in [0.29, 0.717) is 0 Å². The maximum atomic E-state index is 2.54. The Balaban J connectivity index is 2.16. The van der Waals surface area contributed by atoms with Crippen molar-refractivity contribution in [1.82, 2.24) is 0 Å². The SMILES string of the molecule is CCCCC1CC[CH]C(CC)C1. The van der Waals surface area contributed by atoms with Crippen LogP contribution in [0.15, 0.2) is 0 Å². The van der Waals surface area contributed by atoms with E-state index in [2.05, 4.69) is 20.3 Å². The van der Waals surface area contributed by atoms with Gasteiger partial charge in [-0.1, -0.05) is 46.0 Å². The second kappa shape index (κ2) is 5.61. The first-order valence-corrected chi connectivity index (χ1v) is 5.70. The van der Waals surface area contributed by atoms with Crippen LogP contribution in [0.25, 0.3) is 0 Å². The average Bonchev–Trinajstić information content (AvgIpc) is 2.15. The van der Waals surface area contributed by atoms with Crippen LogP contribution in [0.1, 0.15) is 58.8 Å². The van der Waals surface area contributed by atoms with Gasteiger partial charge < -0.3 is 0 Å². The molecule has 1 aliphatic rings. The zero-order valence-electron chi connectivity index (χ0n) is 8.68. The fraction of sp³-hybridized carbons (Fsp3) is 0.917. The van der Waals surface area contributed by atoms with Crippen molar-refractivity contribution in [3.8, 4) is 0 Å². The molecular weight excluding hydrogens is 144 g/mol. The molecule has 2 atom stereocenters. The Morgan fingerprint density at radius 1 is 1.33 bits per heavy atom. The van der Waals surface area contributed by atoms with Gasteiger partial charge in [0.05, 0.1) is 0 Å². The lowest BCUT2D eigenvalue weighted by atomic mass is 9.78. The number of unbranched alkanes of at least 4 members (excludes halogenated alkanes) is 1. The van der Waals surface area contributed by atoms with Crippen molar-refractivity contribution in [1.29, 1.82) is 0 Å². The van der Waals surface area contributed by atoms with Crippen molar-refractivity contribution in [2.45, 2.75) is 58.8 Å². The van der Waals surface area contributed by atoms with Crippen LogP contribution in [0, 0.1) is 18.3 Å². The molecule has 0 heterocycles. The fourth-order valence-corrected chi connectivity index (χ4v) is 2.30. The zero-order valence-corrected chi connectivity index (χ0v) is 8.68. The normalized spacial score (nSPS) is 30.5. The summed E-state index contributed by atoms with van der Waals surface area (Å²) < 4.78 is 0. The molecule has 71 valence electrons. The Hall–Kier alpha value is 0. The van der Waals surface area contributed by atoms with E-state index in [4.69, 9.17) is 0 Å². The van der Waals surface area contributed by atoms with Crippen LogP contribution in [0.5, 0.6) is 0 Å². The summed E-state index contributed by atoms with van der Waals surface area (Å²) in [5.74, 6) is 2.00. The summed E-state index contributed by atoms with van der Waals surface area (Å²) >= 11 is 0. The molecule has 0 heteroatoms. The van der Waals surface area contributed by atoms with E-state index in [-0.39, 0.29) is 0 Å². The lowest BCUT2D eigenvalue weighted by Gasteiger charge is -2.28. The van der Waals surface area contributed by atoms with Crippen LogP contribution in [-0.2, 0) is 0 Å². The molecule has 1 radical (unpaired) electrons. The fourth-order valence-electron chi connectivity index (χ4n) is 2.30. The van der Waals surface area contributed by atoms with E-state index >= 15 is 0 Å². The van der Waals surface area contributed by atoms with Gasteiger partial charge in [0.2, 0.25) is 0 Å². The highest BCUT2D eigenvalue weighted by molar-refractivity contribution is 4.84. The van der Waals surface area contributed by atoms with Gasteiger partial charge in [-0.3, -0.25) is 0 Å². The molecule has 1 fully saturated rings. The third-order valence-electron chi connectivity index (χ3n) is 3.20. The van der Waals surface area contributed by atoms with E-state index in [1.54, 1.807) is 0 Å². The Bertz CT molecular complexity index is 107. The molecule has 0 aromatic carbocycles. The molecule has 0 N–H and O–H groups in total. The molecule has 0 saturated heterocycles. The van der Waals surface area contributed by atoms with Crippen LogP contribution < -0.4 is 0 Å². The number of hydrogen-bond acceptors (Lipinski definition) is 0. The molecule has 0 aromatic heterocycles. The average molecular weight is 167 g/mol. The Labute approximate surface area is 77.7 Å². The third kappa shape index (κ3) is 3.16. The minimum atomic E-state index is 0.945. The molecule has 0 amide bonds. The predicted octanol–water partition coefficient (Wildman–Crippen LogP) is 4.21. The lowest BCUT2D eigenvalue weighted by Crippen LogP contribution is -2.15. The van der Waals surface area contributed by atoms with Crippen molar-refractivity contribution in [2.24, 2.45) is 11.8 Å². The highest BCUT2D eigenvalue weighted by Gasteiger charge is 2.19. The zero-order chi connectivity index (χ0) is 8.81. The van der Waals surface area contributed by atoms with E-state index in [0.717, 1.165) is 11.8 Å². The molecule has 1 aliphatic carbocycles. The van der Waals surface area contributed by atoms with E-state index in [9.17, 15) is 0 Å². The molecule has 0 bridgehead atoms. The lowest BCUT2D eigenvalue weighted by molar-refractivity contribution is 0.298. The standard InChI is InChI=1S/C12H23/c1-3-5-7-12-9-6-8-11(4-2)10-12/h8,11-12H,3-7,9-10H2,1-2H3. The summed E-state index contributed by atoms with van der Waals surface area (Å²) in [6.07, 6.45) is 12.5. The predicted molar refractivity (Wildman–Crippen MR) is 54.9 cm³/mol. The topological polar surface area (TPSA) is 0 Å². The highest BCUT2D eigenvalue weighted by Crippen LogP contribution is 2.32. The van der Waals surface area contributed by atoms with Gasteiger partial charge in [0.15, 0.2) is 0 Å². The van der Waals surface area contributed by atoms with Crippen molar-refractivity contribution >= 4 is 0 Å². The smallest absolute Gasteiger partial charge is 0.0355 e. The molecule has 12 heavy (non-hydrogen) atoms. The summed E-state index contributed by atoms with van der Waals surface area (Å²) in [4.78, 5) is 0. The molecule has 0 aliphatic heterocycles. The molecule has 0 spiro atoms. The molecule has 1 rings (SSSR count). The van der Waals surface area contributed by atoms with Gasteiger partial charge in [-0.05, 0) is 31.1 Å². The van der Waals surface area contributed by atoms with Gasteiger partial charge in [0.25, 0.3) is 0 Å². The minimum absolute atomic E-state index is 0.945. The summed E-state index contributed by atoms with van der Waals surface area (Å²) in [6, 6.07) is 0. The molecule has 0 aromatic rings. The summed E-state index contributed by atoms with van der Waals surface area (Å²) in [5.41, 5.74) is 0. The third-order valence-corrected chi connectivity index (χ3v) is 3.20. The summed E-state index contributed by atoms with van der Waals surface area (Å²) in [6.45, 7) is 4.62. The maximum Gasteiger partial charge on any atom is -0.0355 e. The van der Waals surface area contributed by atoms with Gasteiger partial charge in [-0.15, -0.1) is 0 Å². The Kier molecular flexibility index (Phi) is 4.72. The first-order valence-electron chi connectivity index (χ1n) is 5.70. The monoisotopic (exact) mass is 167 g/mol. The molecular formula is C12H23. The number of hydrogen-bond donors (Lipinski definition) is 0. The second-order valence-electron chi connectivity index (χ2n) is 4.23. The van der Waals surface area contributed by atoms with Crippen molar-refractivity contribution < 1.29 is 0 Å². The summed E-state index contributed by atoms with van der Waals surface area (Å²) in [7, 11) is 0. The maximum absolute atomic E-state index is 2.54. The van der Waals surface area contributed by atoms with Crippen LogP contribution >= 0.6 is 0 Å². The van der Waals surface area contributed by atoms with Crippen LogP contribution in [0.4, 0.5) is 0 Å². The van der Waals surface area contributed by atoms with Gasteiger partial charge in [0.1, 0.15) is 0 Å². The Morgan fingerprint density at radius 3 is 2.83 bits per heavy atom. The first kappa shape index (κ1) is 10.1. The van der Waals surface area contributed by atoms with Crippen molar-refractivity contribution in [3.05, 3.63) is 6.42 Å². The molecule has 0 nitrogen and oxygen atoms in total. The van der Waals surface area contributed by atoms with Crippen molar-refractivity contribution in [3.63, 3.8) is 0 Å². The van der Waals surface area contributed by atoms with Crippen LogP contribution in [0.2, 0.25) is 0 Å². The van der Waals surface area contributed by atoms with Crippen molar-refractivity contribution in [2.75, 3.05) is 0 Å². The van der Waals surface area contributed by atoms with Gasteiger partial charge >= 0.3 is 0 Å². The van der Waals surface area contributed by atoms with E-state index in [1.165, 1.54) is 44.9 Å².